The predicted octanol–water partition coefficient (Wildman–Crippen LogP) is 2.69. The van der Waals surface area contributed by atoms with E-state index in [1.54, 1.807) is 0 Å². The van der Waals surface area contributed by atoms with Gasteiger partial charge in [0.05, 0.1) is 0 Å². The van der Waals surface area contributed by atoms with Gasteiger partial charge in [-0.2, -0.15) is 4.98 Å². The summed E-state index contributed by atoms with van der Waals surface area (Å²) >= 11 is 0. The Morgan fingerprint density at radius 1 is 1.24 bits per heavy atom. The Balaban J connectivity index is 1.96. The van der Waals surface area contributed by atoms with Crippen LogP contribution in [0.5, 0.6) is 5.75 Å². The van der Waals surface area contributed by atoms with Crippen molar-refractivity contribution in [2.45, 2.75) is 26.0 Å². The van der Waals surface area contributed by atoms with Crippen LogP contribution in [0.15, 0.2) is 47.3 Å². The van der Waals surface area contributed by atoms with Crippen molar-refractivity contribution in [2.24, 2.45) is 5.73 Å². The molecule has 0 saturated carbocycles. The molecule has 0 aliphatic heterocycles. The summed E-state index contributed by atoms with van der Waals surface area (Å²) in [5.74, 6) is 1.34. The van der Waals surface area contributed by atoms with E-state index in [1.807, 2.05) is 31.2 Å². The van der Waals surface area contributed by atoms with Crippen LogP contribution in [0.25, 0.3) is 10.8 Å². The van der Waals surface area contributed by atoms with Crippen LogP contribution in [-0.4, -0.2) is 16.2 Å². The average Bonchev–Trinajstić information content (AvgIpc) is 2.99. The van der Waals surface area contributed by atoms with Gasteiger partial charge in [-0.25, -0.2) is 0 Å². The second kappa shape index (κ2) is 5.93. The van der Waals surface area contributed by atoms with Gasteiger partial charge >= 0.3 is 0 Å². The number of rotatable bonds is 5. The smallest absolute Gasteiger partial charge is 0.213 e. The molecule has 1 aromatic heterocycles. The number of ether oxygens (including phenoxy) is 1. The Labute approximate surface area is 122 Å². The molecule has 0 amide bonds. The van der Waals surface area contributed by atoms with Crippen LogP contribution in [0.2, 0.25) is 0 Å². The zero-order chi connectivity index (χ0) is 14.7. The molecule has 1 heterocycles. The first kappa shape index (κ1) is 13.6. The van der Waals surface area contributed by atoms with Crippen LogP contribution in [-0.2, 0) is 13.0 Å². The minimum absolute atomic E-state index is 0.0586. The van der Waals surface area contributed by atoms with Gasteiger partial charge in [-0.1, -0.05) is 35.5 Å². The molecule has 5 nitrogen and oxygen atoms in total. The van der Waals surface area contributed by atoms with E-state index in [9.17, 15) is 0 Å². The lowest BCUT2D eigenvalue weighted by atomic mass is 9.98. The SMILES string of the molecule is CC(N)Cc1c(OCc2ncon2)ccc2ccccc12. The highest BCUT2D eigenvalue weighted by molar-refractivity contribution is 5.87. The van der Waals surface area contributed by atoms with Crippen LogP contribution >= 0.6 is 0 Å². The van der Waals surface area contributed by atoms with E-state index in [1.165, 1.54) is 17.2 Å². The summed E-state index contributed by atoms with van der Waals surface area (Å²) in [7, 11) is 0. The zero-order valence-corrected chi connectivity index (χ0v) is 11.8. The van der Waals surface area contributed by atoms with E-state index in [4.69, 9.17) is 15.0 Å². The third-order valence-electron chi connectivity index (χ3n) is 3.29. The number of nitrogens with zero attached hydrogens (tertiary/aromatic N) is 2. The van der Waals surface area contributed by atoms with E-state index < -0.39 is 0 Å². The Kier molecular flexibility index (Phi) is 3.83. The summed E-state index contributed by atoms with van der Waals surface area (Å²) in [4.78, 5) is 3.96. The molecule has 108 valence electrons. The maximum Gasteiger partial charge on any atom is 0.213 e. The largest absolute Gasteiger partial charge is 0.485 e. The monoisotopic (exact) mass is 283 g/mol. The molecular weight excluding hydrogens is 266 g/mol. The molecule has 0 spiro atoms. The first-order valence-corrected chi connectivity index (χ1v) is 6.88. The van der Waals surface area contributed by atoms with Gasteiger partial charge in [0.2, 0.25) is 12.2 Å². The number of nitrogens with two attached hydrogens (primary N) is 1. The Hall–Kier alpha value is -2.40. The second-order valence-corrected chi connectivity index (χ2v) is 5.08. The number of hydrogen-bond donors (Lipinski definition) is 1. The third-order valence-corrected chi connectivity index (χ3v) is 3.29. The van der Waals surface area contributed by atoms with Crippen LogP contribution in [0.4, 0.5) is 0 Å². The van der Waals surface area contributed by atoms with Crippen LogP contribution < -0.4 is 10.5 Å². The molecule has 3 rings (SSSR count). The lowest BCUT2D eigenvalue weighted by Gasteiger charge is -2.15. The minimum Gasteiger partial charge on any atom is -0.485 e. The maximum absolute atomic E-state index is 5.98. The summed E-state index contributed by atoms with van der Waals surface area (Å²) in [6.45, 7) is 2.27. The lowest BCUT2D eigenvalue weighted by molar-refractivity contribution is 0.284. The number of fused-ring (bicyclic) bond motifs is 1. The molecule has 0 saturated heterocycles. The van der Waals surface area contributed by atoms with E-state index >= 15 is 0 Å². The fraction of sp³-hybridized carbons (Fsp3) is 0.250. The van der Waals surface area contributed by atoms with Gasteiger partial charge in [0.25, 0.3) is 0 Å². The van der Waals surface area contributed by atoms with E-state index in [-0.39, 0.29) is 12.6 Å². The van der Waals surface area contributed by atoms with Crippen molar-refractivity contribution in [2.75, 3.05) is 0 Å². The van der Waals surface area contributed by atoms with Crippen LogP contribution in [0.1, 0.15) is 18.3 Å². The summed E-state index contributed by atoms with van der Waals surface area (Å²) < 4.78 is 10.6. The first-order valence-electron chi connectivity index (χ1n) is 6.88. The highest BCUT2D eigenvalue weighted by Crippen LogP contribution is 2.29. The Morgan fingerprint density at radius 3 is 2.86 bits per heavy atom. The highest BCUT2D eigenvalue weighted by Gasteiger charge is 2.11. The van der Waals surface area contributed by atoms with Crippen LogP contribution in [0, 0.1) is 0 Å². The normalized spacial score (nSPS) is 12.5. The van der Waals surface area contributed by atoms with Crippen molar-refractivity contribution in [3.05, 3.63) is 54.2 Å². The van der Waals surface area contributed by atoms with Crippen molar-refractivity contribution in [1.82, 2.24) is 10.1 Å². The fourth-order valence-electron chi connectivity index (χ4n) is 2.38. The van der Waals surface area contributed by atoms with Crippen molar-refractivity contribution < 1.29 is 9.26 Å². The quantitative estimate of drug-likeness (QED) is 0.779. The molecule has 2 aromatic carbocycles. The third kappa shape index (κ3) is 3.03. The van der Waals surface area contributed by atoms with Gasteiger partial charge in [0.15, 0.2) is 6.61 Å². The van der Waals surface area contributed by atoms with E-state index in [0.717, 1.165) is 17.7 Å². The molecule has 0 fully saturated rings. The fourth-order valence-corrected chi connectivity index (χ4v) is 2.38. The Bertz CT molecular complexity index is 723. The molecule has 0 radical (unpaired) electrons. The molecule has 1 unspecified atom stereocenters. The average molecular weight is 283 g/mol. The number of benzene rings is 2. The molecule has 3 aromatic rings. The summed E-state index contributed by atoms with van der Waals surface area (Å²) in [5, 5.41) is 6.10. The minimum atomic E-state index is 0.0586. The molecule has 2 N–H and O–H groups in total. The molecule has 5 heteroatoms. The number of hydrogen-bond acceptors (Lipinski definition) is 5. The predicted molar refractivity (Wildman–Crippen MR) is 79.9 cm³/mol. The lowest BCUT2D eigenvalue weighted by Crippen LogP contribution is -2.18. The molecule has 0 aliphatic rings. The second-order valence-electron chi connectivity index (χ2n) is 5.08. The molecule has 0 bridgehead atoms. The summed E-state index contributed by atoms with van der Waals surface area (Å²) in [6, 6.07) is 12.3. The van der Waals surface area contributed by atoms with Crippen LogP contribution in [0.3, 0.4) is 0 Å². The zero-order valence-electron chi connectivity index (χ0n) is 11.8. The standard InChI is InChI=1S/C16H17N3O2/c1-11(17)8-14-13-5-3-2-4-12(13)6-7-15(14)20-9-16-18-10-21-19-16/h2-7,10-11H,8-9,17H2,1H3. The topological polar surface area (TPSA) is 74.2 Å². The molecule has 0 aliphatic carbocycles. The van der Waals surface area contributed by atoms with Gasteiger partial charge in [0, 0.05) is 11.6 Å². The van der Waals surface area contributed by atoms with Gasteiger partial charge in [-0.15, -0.1) is 0 Å². The van der Waals surface area contributed by atoms with Crippen molar-refractivity contribution in [3.63, 3.8) is 0 Å². The summed E-state index contributed by atoms with van der Waals surface area (Å²) in [6.07, 6.45) is 2.05. The van der Waals surface area contributed by atoms with E-state index in [0.29, 0.717) is 5.82 Å². The summed E-state index contributed by atoms with van der Waals surface area (Å²) in [5.41, 5.74) is 7.10. The van der Waals surface area contributed by atoms with Gasteiger partial charge in [0.1, 0.15) is 5.75 Å². The Morgan fingerprint density at radius 2 is 2.10 bits per heavy atom. The maximum atomic E-state index is 5.98. The van der Waals surface area contributed by atoms with Crippen molar-refractivity contribution in [3.8, 4) is 5.75 Å². The highest BCUT2D eigenvalue weighted by atomic mass is 16.5. The van der Waals surface area contributed by atoms with Gasteiger partial charge in [-0.05, 0) is 30.2 Å². The van der Waals surface area contributed by atoms with Gasteiger partial charge < -0.3 is 15.0 Å². The van der Waals surface area contributed by atoms with E-state index in [2.05, 4.69) is 22.3 Å². The first-order chi connectivity index (χ1) is 10.2. The number of aromatic nitrogens is 2. The molecule has 1 atom stereocenters. The van der Waals surface area contributed by atoms with Gasteiger partial charge in [-0.3, -0.25) is 0 Å². The van der Waals surface area contributed by atoms with Crippen molar-refractivity contribution in [1.29, 1.82) is 0 Å². The van der Waals surface area contributed by atoms with Crippen molar-refractivity contribution >= 4 is 10.8 Å². The molecular formula is C16H17N3O2. The molecule has 21 heavy (non-hydrogen) atoms.